The highest BCUT2D eigenvalue weighted by Crippen LogP contribution is 2.52. The van der Waals surface area contributed by atoms with Gasteiger partial charge >= 0.3 is 29.8 Å². The lowest BCUT2D eigenvalue weighted by Crippen LogP contribution is -2.74. The Morgan fingerprint density at radius 3 is 2.02 bits per heavy atom. The first kappa shape index (κ1) is 39.6. The number of ether oxygens (including phenoxy) is 6. The van der Waals surface area contributed by atoms with Gasteiger partial charge in [0.05, 0.1) is 42.0 Å². The van der Waals surface area contributed by atoms with Crippen LogP contribution in [0.3, 0.4) is 0 Å². The molecule has 1 saturated carbocycles. The summed E-state index contributed by atoms with van der Waals surface area (Å²) in [6, 6.07) is 7.66. The molecule has 2 aliphatic rings. The molecule has 2 unspecified atom stereocenters. The molecule has 49 heavy (non-hydrogen) atoms. The molecule has 2 fully saturated rings. The Bertz CT molecular complexity index is 1380. The van der Waals surface area contributed by atoms with Crippen LogP contribution in [0.4, 0.5) is 0 Å². The number of aliphatic hydroxyl groups excluding tert-OH is 2. The normalized spacial score (nSPS) is 34.0. The zero-order valence-corrected chi connectivity index (χ0v) is 29.0. The maximum atomic E-state index is 14.2. The molecule has 1 saturated heterocycles. The summed E-state index contributed by atoms with van der Waals surface area (Å²) in [4.78, 5) is 65.5. The molecule has 0 aromatic heterocycles. The Morgan fingerprint density at radius 1 is 0.939 bits per heavy atom. The lowest BCUT2D eigenvalue weighted by molar-refractivity contribution is -0.274. The first-order chi connectivity index (χ1) is 22.8. The molecule has 11 atom stereocenters. The van der Waals surface area contributed by atoms with Gasteiger partial charge in [0.15, 0.2) is 17.8 Å². The summed E-state index contributed by atoms with van der Waals surface area (Å²) < 4.78 is 35.9. The molecule has 3 N–H and O–H groups in total. The van der Waals surface area contributed by atoms with Gasteiger partial charge in [-0.25, -0.2) is 4.79 Å². The molecule has 1 aliphatic carbocycles. The minimum atomic E-state index is -2.48. The lowest BCUT2D eigenvalue weighted by atomic mass is 9.59. The van der Waals surface area contributed by atoms with E-state index in [-0.39, 0.29) is 24.0 Å². The largest absolute Gasteiger partial charge is 0.461 e. The third-order valence-corrected chi connectivity index (χ3v) is 9.10. The molecule has 1 aromatic rings. The molecule has 14 nitrogen and oxygen atoms in total. The fraction of sp³-hybridized carbons (Fsp3) is 0.629. The van der Waals surface area contributed by atoms with E-state index in [1.807, 2.05) is 0 Å². The first-order valence-electron chi connectivity index (χ1n) is 16.2. The van der Waals surface area contributed by atoms with Gasteiger partial charge in [0, 0.05) is 40.0 Å². The Hall–Kier alpha value is -3.85. The van der Waals surface area contributed by atoms with Crippen molar-refractivity contribution in [1.29, 1.82) is 0 Å². The van der Waals surface area contributed by atoms with E-state index in [0.29, 0.717) is 0 Å². The van der Waals surface area contributed by atoms with Crippen LogP contribution in [0.5, 0.6) is 0 Å². The number of carbonyl (C=O) groups is 5. The lowest BCUT2D eigenvalue weighted by Gasteiger charge is -2.57. The second kappa shape index (κ2) is 16.2. The van der Waals surface area contributed by atoms with Crippen LogP contribution < -0.4 is 0 Å². The predicted octanol–water partition coefficient (Wildman–Crippen LogP) is 2.19. The molecule has 1 heterocycles. The molecular formula is C35H48O14. The number of hydrogen-bond donors (Lipinski definition) is 3. The van der Waals surface area contributed by atoms with Crippen LogP contribution in [0.1, 0.15) is 78.1 Å². The monoisotopic (exact) mass is 692 g/mol. The van der Waals surface area contributed by atoms with Crippen molar-refractivity contribution in [2.45, 2.75) is 122 Å². The predicted molar refractivity (Wildman–Crippen MR) is 171 cm³/mol. The van der Waals surface area contributed by atoms with E-state index < -0.39 is 109 Å². The van der Waals surface area contributed by atoms with Crippen molar-refractivity contribution in [2.75, 3.05) is 6.61 Å². The smallest absolute Gasteiger partial charge is 0.338 e. The van der Waals surface area contributed by atoms with Gasteiger partial charge in [0.2, 0.25) is 0 Å². The summed E-state index contributed by atoms with van der Waals surface area (Å²) in [6.45, 7) is 12.5. The fourth-order valence-corrected chi connectivity index (χ4v) is 6.85. The molecule has 1 aliphatic heterocycles. The number of hydrogen-bond acceptors (Lipinski definition) is 14. The van der Waals surface area contributed by atoms with Crippen molar-refractivity contribution in [3.8, 4) is 0 Å². The van der Waals surface area contributed by atoms with Crippen molar-refractivity contribution in [2.24, 2.45) is 11.8 Å². The van der Waals surface area contributed by atoms with Crippen molar-refractivity contribution in [3.05, 3.63) is 48.0 Å². The highest BCUT2D eigenvalue weighted by atomic mass is 16.6. The Balaban J connectivity index is 2.60. The van der Waals surface area contributed by atoms with Crippen LogP contribution in [-0.2, 0) is 47.6 Å². The van der Waals surface area contributed by atoms with E-state index in [2.05, 4.69) is 6.58 Å². The second-order valence-corrected chi connectivity index (χ2v) is 13.0. The average molecular weight is 693 g/mol. The standard InChI is InChI=1S/C35H48O14/c1-9-25(40)15-26-31(47-22(6)38)29-18(2)27(41)16-28(45-20(4)36)35(29,49-33(42)24-13-11-10-12-14-24)32(48-23(7)39)30(46-21(5)37)19(3)44-17-34(26,8)43/h10-14,19,25-32,40-41,43H,2,9,15-17H2,1,3-8H3/t19-,25+,26-,27-,28-,29?,30-,31?,32-,34-,35-/m0/s1. The zero-order valence-electron chi connectivity index (χ0n) is 29.0. The van der Waals surface area contributed by atoms with E-state index in [9.17, 15) is 39.3 Å². The third kappa shape index (κ3) is 9.04. The number of rotatable bonds is 9. The van der Waals surface area contributed by atoms with Gasteiger partial charge in [-0.15, -0.1) is 0 Å². The summed E-state index contributed by atoms with van der Waals surface area (Å²) in [7, 11) is 0. The molecule has 272 valence electrons. The molecule has 0 amide bonds. The van der Waals surface area contributed by atoms with Gasteiger partial charge in [-0.3, -0.25) is 19.2 Å². The summed E-state index contributed by atoms with van der Waals surface area (Å²) in [5.74, 6) is -7.44. The maximum Gasteiger partial charge on any atom is 0.338 e. The van der Waals surface area contributed by atoms with E-state index in [0.717, 1.165) is 27.7 Å². The topological polar surface area (TPSA) is 201 Å². The molecule has 1 aromatic carbocycles. The summed E-state index contributed by atoms with van der Waals surface area (Å²) in [5.41, 5.74) is -4.50. The van der Waals surface area contributed by atoms with Crippen molar-refractivity contribution >= 4 is 29.8 Å². The van der Waals surface area contributed by atoms with E-state index in [1.165, 1.54) is 26.0 Å². The van der Waals surface area contributed by atoms with E-state index >= 15 is 0 Å². The molecular weight excluding hydrogens is 644 g/mol. The van der Waals surface area contributed by atoms with Crippen LogP contribution in [0.2, 0.25) is 0 Å². The van der Waals surface area contributed by atoms with Gasteiger partial charge in [-0.2, -0.15) is 0 Å². The molecule has 3 rings (SSSR count). The number of fused-ring (bicyclic) bond motifs is 1. The van der Waals surface area contributed by atoms with Gasteiger partial charge < -0.3 is 43.7 Å². The number of aliphatic hydroxyl groups is 3. The SMILES string of the molecule is C=C1C2C(OC(C)=O)[C@H](C[C@H](O)CC)[C@@](C)(O)CO[C@@H](C)[C@H](OC(C)=O)[C@H](OC(C)=O)[C@]2(OC(=O)c2ccccc2)[C@@H](OC(C)=O)C[C@@H]1O. The molecule has 0 spiro atoms. The molecule has 0 radical (unpaired) electrons. The Labute approximate surface area is 285 Å². The minimum Gasteiger partial charge on any atom is -0.461 e. The molecule has 14 heteroatoms. The Morgan fingerprint density at radius 2 is 1.49 bits per heavy atom. The second-order valence-electron chi connectivity index (χ2n) is 13.0. The van der Waals surface area contributed by atoms with Crippen molar-refractivity contribution in [3.63, 3.8) is 0 Å². The van der Waals surface area contributed by atoms with Crippen molar-refractivity contribution < 1.29 is 67.7 Å². The highest BCUT2D eigenvalue weighted by Gasteiger charge is 2.69. The highest BCUT2D eigenvalue weighted by molar-refractivity contribution is 5.90. The number of carbonyl (C=O) groups excluding carboxylic acids is 5. The van der Waals surface area contributed by atoms with Crippen molar-refractivity contribution in [1.82, 2.24) is 0 Å². The minimum absolute atomic E-state index is 0.00919. The van der Waals surface area contributed by atoms with E-state index in [4.69, 9.17) is 28.4 Å². The number of benzene rings is 1. The van der Waals surface area contributed by atoms with E-state index in [1.54, 1.807) is 25.1 Å². The summed E-state index contributed by atoms with van der Waals surface area (Å²) >= 11 is 0. The van der Waals surface area contributed by atoms with Crippen LogP contribution in [0, 0.1) is 11.8 Å². The fourth-order valence-electron chi connectivity index (χ4n) is 6.85. The Kier molecular flexibility index (Phi) is 13.1. The van der Waals surface area contributed by atoms with Crippen LogP contribution in [0.15, 0.2) is 42.5 Å². The van der Waals surface area contributed by atoms with Crippen LogP contribution >= 0.6 is 0 Å². The van der Waals surface area contributed by atoms with Gasteiger partial charge in [-0.05, 0) is 44.4 Å². The van der Waals surface area contributed by atoms with Gasteiger partial charge in [-0.1, -0.05) is 31.7 Å². The van der Waals surface area contributed by atoms with Gasteiger partial charge in [0.25, 0.3) is 0 Å². The van der Waals surface area contributed by atoms with Crippen LogP contribution in [-0.4, -0.2) is 106 Å². The third-order valence-electron chi connectivity index (χ3n) is 9.10. The summed E-state index contributed by atoms with van der Waals surface area (Å²) in [5, 5.41) is 34.5. The quantitative estimate of drug-likeness (QED) is 0.193. The van der Waals surface area contributed by atoms with Crippen LogP contribution in [0.25, 0.3) is 0 Å². The van der Waals surface area contributed by atoms with Gasteiger partial charge in [0.1, 0.15) is 12.2 Å². The molecule has 0 bridgehead atoms. The first-order valence-corrected chi connectivity index (χ1v) is 16.2. The summed E-state index contributed by atoms with van der Waals surface area (Å²) in [6.07, 6.45) is -10.9. The average Bonchev–Trinajstić information content (AvgIpc) is 3.01. The maximum absolute atomic E-state index is 14.2. The number of esters is 5. The zero-order chi connectivity index (χ0) is 36.8.